The Balaban J connectivity index is 4.28. The first-order valence-corrected chi connectivity index (χ1v) is 6.33. The van der Waals surface area contributed by atoms with Crippen LogP contribution in [0.3, 0.4) is 0 Å². The zero-order chi connectivity index (χ0) is 14.6. The molecule has 0 aliphatic rings. The molecule has 0 aromatic rings. The Kier molecular flexibility index (Phi) is 6.08. The third-order valence-corrected chi connectivity index (χ3v) is 3.22. The molecular formula is C13H23F5. The average molecular weight is 274 g/mol. The molecule has 0 aromatic carbocycles. The van der Waals surface area contributed by atoms with Gasteiger partial charge in [0.15, 0.2) is 0 Å². The van der Waals surface area contributed by atoms with Gasteiger partial charge >= 0.3 is 6.18 Å². The van der Waals surface area contributed by atoms with Crippen LogP contribution >= 0.6 is 0 Å². The van der Waals surface area contributed by atoms with E-state index < -0.39 is 23.9 Å². The third kappa shape index (κ3) is 6.55. The number of rotatable bonds is 7. The molecule has 0 rings (SSSR count). The average Bonchev–Trinajstić information content (AvgIpc) is 2.12. The largest absolute Gasteiger partial charge is 0.422 e. The molecule has 0 spiro atoms. The van der Waals surface area contributed by atoms with E-state index in [4.69, 9.17) is 0 Å². The van der Waals surface area contributed by atoms with E-state index in [1.165, 1.54) is 13.8 Å². The molecule has 0 aliphatic carbocycles. The second-order valence-corrected chi connectivity index (χ2v) is 5.78. The van der Waals surface area contributed by atoms with E-state index in [2.05, 4.69) is 0 Å². The van der Waals surface area contributed by atoms with Crippen molar-refractivity contribution in [2.45, 2.75) is 77.3 Å². The maximum Gasteiger partial charge on any atom is 0.422 e. The minimum Gasteiger partial charge on any atom is -0.245 e. The van der Waals surface area contributed by atoms with E-state index in [1.807, 2.05) is 0 Å². The van der Waals surface area contributed by atoms with Crippen molar-refractivity contribution in [1.29, 1.82) is 0 Å². The maximum absolute atomic E-state index is 13.5. The zero-order valence-electron chi connectivity index (χ0n) is 11.5. The SMILES string of the molecule is CCC(CCCC(C)(C)F)CC(C)(F)C(F)(F)F. The molecule has 0 aromatic heterocycles. The van der Waals surface area contributed by atoms with Crippen molar-refractivity contribution in [3.05, 3.63) is 0 Å². The molecule has 0 aliphatic heterocycles. The van der Waals surface area contributed by atoms with Gasteiger partial charge in [-0.2, -0.15) is 13.2 Å². The first-order chi connectivity index (χ1) is 7.89. The van der Waals surface area contributed by atoms with Gasteiger partial charge in [0, 0.05) is 0 Å². The Hall–Kier alpha value is -0.350. The van der Waals surface area contributed by atoms with Gasteiger partial charge in [0.1, 0.15) is 5.67 Å². The fourth-order valence-corrected chi connectivity index (χ4v) is 1.92. The van der Waals surface area contributed by atoms with Gasteiger partial charge in [-0.15, -0.1) is 0 Å². The molecule has 2 atom stereocenters. The lowest BCUT2D eigenvalue weighted by atomic mass is 9.86. The molecule has 0 fully saturated rings. The first-order valence-electron chi connectivity index (χ1n) is 6.33. The Bertz CT molecular complexity index is 237. The van der Waals surface area contributed by atoms with Crippen LogP contribution in [-0.4, -0.2) is 17.5 Å². The minimum atomic E-state index is -4.83. The normalized spacial score (nSPS) is 18.5. The molecule has 2 unspecified atom stereocenters. The van der Waals surface area contributed by atoms with Gasteiger partial charge in [0.2, 0.25) is 5.67 Å². The summed E-state index contributed by atoms with van der Waals surface area (Å²) in [4.78, 5) is 0. The predicted molar refractivity (Wildman–Crippen MR) is 63.0 cm³/mol. The van der Waals surface area contributed by atoms with E-state index >= 15 is 0 Å². The second kappa shape index (κ2) is 6.20. The molecule has 110 valence electrons. The van der Waals surface area contributed by atoms with Crippen molar-refractivity contribution < 1.29 is 22.0 Å². The van der Waals surface area contributed by atoms with Gasteiger partial charge in [-0.05, 0) is 39.5 Å². The van der Waals surface area contributed by atoms with Crippen LogP contribution < -0.4 is 0 Å². The van der Waals surface area contributed by atoms with Gasteiger partial charge in [-0.3, -0.25) is 0 Å². The Morgan fingerprint density at radius 1 is 0.944 bits per heavy atom. The van der Waals surface area contributed by atoms with Gasteiger partial charge < -0.3 is 0 Å². The highest BCUT2D eigenvalue weighted by Crippen LogP contribution is 2.40. The van der Waals surface area contributed by atoms with E-state index in [9.17, 15) is 22.0 Å². The van der Waals surface area contributed by atoms with Crippen molar-refractivity contribution in [3.8, 4) is 0 Å². The number of hydrogen-bond acceptors (Lipinski definition) is 0. The van der Waals surface area contributed by atoms with Crippen LogP contribution in [0.25, 0.3) is 0 Å². The molecule has 5 heteroatoms. The number of halogens is 5. The highest BCUT2D eigenvalue weighted by atomic mass is 19.4. The van der Waals surface area contributed by atoms with Crippen molar-refractivity contribution in [3.63, 3.8) is 0 Å². The van der Waals surface area contributed by atoms with E-state index in [1.54, 1.807) is 6.92 Å². The van der Waals surface area contributed by atoms with Crippen molar-refractivity contribution in [1.82, 2.24) is 0 Å². The smallest absolute Gasteiger partial charge is 0.245 e. The zero-order valence-corrected chi connectivity index (χ0v) is 11.5. The summed E-state index contributed by atoms with van der Waals surface area (Å²) in [6.45, 7) is 5.18. The van der Waals surface area contributed by atoms with E-state index in [-0.39, 0.29) is 5.92 Å². The lowest BCUT2D eigenvalue weighted by Crippen LogP contribution is -2.39. The molecule has 0 bridgehead atoms. The molecule has 18 heavy (non-hydrogen) atoms. The standard InChI is InChI=1S/C13H23F5/c1-5-10(7-6-8-11(2,3)14)9-12(4,15)13(16,17)18/h10H,5-9H2,1-4H3. The molecular weight excluding hydrogens is 251 g/mol. The lowest BCUT2D eigenvalue weighted by molar-refractivity contribution is -0.229. The van der Waals surface area contributed by atoms with Crippen molar-refractivity contribution in [2.75, 3.05) is 0 Å². The van der Waals surface area contributed by atoms with Crippen LogP contribution in [0.15, 0.2) is 0 Å². The topological polar surface area (TPSA) is 0 Å². The summed E-state index contributed by atoms with van der Waals surface area (Å²) >= 11 is 0. The Morgan fingerprint density at radius 3 is 1.78 bits per heavy atom. The summed E-state index contributed by atoms with van der Waals surface area (Å²) in [7, 11) is 0. The molecule has 0 nitrogen and oxygen atoms in total. The van der Waals surface area contributed by atoms with Gasteiger partial charge in [-0.1, -0.05) is 26.2 Å². The van der Waals surface area contributed by atoms with E-state index in [0.29, 0.717) is 32.6 Å². The van der Waals surface area contributed by atoms with Crippen LogP contribution in [0.4, 0.5) is 22.0 Å². The first kappa shape index (κ1) is 17.6. The van der Waals surface area contributed by atoms with Crippen LogP contribution in [-0.2, 0) is 0 Å². The molecule has 0 heterocycles. The highest BCUT2D eigenvalue weighted by Gasteiger charge is 2.52. The summed E-state index contributed by atoms with van der Waals surface area (Å²) < 4.78 is 63.9. The summed E-state index contributed by atoms with van der Waals surface area (Å²) in [5.74, 6) is -0.357. The second-order valence-electron chi connectivity index (χ2n) is 5.78. The molecule has 0 saturated heterocycles. The summed E-state index contributed by atoms with van der Waals surface area (Å²) in [5.41, 5.74) is -4.47. The fourth-order valence-electron chi connectivity index (χ4n) is 1.92. The Labute approximate surface area is 106 Å². The third-order valence-electron chi connectivity index (χ3n) is 3.22. The quantitative estimate of drug-likeness (QED) is 0.529. The van der Waals surface area contributed by atoms with Gasteiger partial charge in [-0.25, -0.2) is 8.78 Å². The minimum absolute atomic E-state index is 0.290. The van der Waals surface area contributed by atoms with E-state index in [0.717, 1.165) is 0 Å². The summed E-state index contributed by atoms with van der Waals surface area (Å²) in [6.07, 6.45) is -3.70. The van der Waals surface area contributed by atoms with Gasteiger partial charge in [0.25, 0.3) is 0 Å². The summed E-state index contributed by atoms with van der Waals surface area (Å²) in [6, 6.07) is 0. The molecule has 0 saturated carbocycles. The monoisotopic (exact) mass is 274 g/mol. The maximum atomic E-state index is 13.5. The van der Waals surface area contributed by atoms with Crippen molar-refractivity contribution in [2.24, 2.45) is 5.92 Å². The van der Waals surface area contributed by atoms with Crippen LogP contribution in [0.2, 0.25) is 0 Å². The highest BCUT2D eigenvalue weighted by molar-refractivity contribution is 4.84. The Morgan fingerprint density at radius 2 is 1.44 bits per heavy atom. The molecule has 0 radical (unpaired) electrons. The van der Waals surface area contributed by atoms with Crippen molar-refractivity contribution >= 4 is 0 Å². The van der Waals surface area contributed by atoms with Gasteiger partial charge in [0.05, 0.1) is 0 Å². The fraction of sp³-hybridized carbons (Fsp3) is 1.00. The number of alkyl halides is 5. The van der Waals surface area contributed by atoms with Crippen LogP contribution in [0.1, 0.15) is 59.8 Å². The summed E-state index contributed by atoms with van der Waals surface area (Å²) in [5, 5.41) is 0. The predicted octanol–water partition coefficient (Wildman–Crippen LogP) is 5.61. The molecule has 0 N–H and O–H groups in total. The van der Waals surface area contributed by atoms with Crippen LogP contribution in [0, 0.1) is 5.92 Å². The molecule has 0 amide bonds. The number of hydrogen-bond donors (Lipinski definition) is 0. The van der Waals surface area contributed by atoms with Crippen LogP contribution in [0.5, 0.6) is 0 Å². The lowest BCUT2D eigenvalue weighted by Gasteiger charge is -2.28.